The van der Waals surface area contributed by atoms with Gasteiger partial charge in [-0.05, 0) is 46.0 Å². The predicted molar refractivity (Wildman–Crippen MR) is 206 cm³/mol. The maximum absolute atomic E-state index is 15.0. The van der Waals surface area contributed by atoms with Gasteiger partial charge in [0.05, 0.1) is 18.8 Å². The van der Waals surface area contributed by atoms with Crippen LogP contribution in [0.25, 0.3) is 11.1 Å². The van der Waals surface area contributed by atoms with Crippen LogP contribution in [0.1, 0.15) is 48.9 Å². The Bertz CT molecular complexity index is 2070. The van der Waals surface area contributed by atoms with Gasteiger partial charge in [0, 0.05) is 68.4 Å². The summed E-state index contributed by atoms with van der Waals surface area (Å²) >= 11 is 0. The highest BCUT2D eigenvalue weighted by Gasteiger charge is 2.32. The summed E-state index contributed by atoms with van der Waals surface area (Å²) in [6.07, 6.45) is -0.0756. The zero-order valence-electron chi connectivity index (χ0n) is 30.7. The highest BCUT2D eigenvalue weighted by molar-refractivity contribution is 6.09. The monoisotopic (exact) mass is 762 g/mol. The summed E-state index contributed by atoms with van der Waals surface area (Å²) in [5, 5.41) is 11.1. The minimum Gasteiger partial charge on any atom is -0.448 e. The lowest BCUT2D eigenvalue weighted by Crippen LogP contribution is -2.53. The molecule has 0 spiro atoms. The molecule has 0 saturated carbocycles. The van der Waals surface area contributed by atoms with Crippen LogP contribution >= 0.6 is 0 Å². The van der Waals surface area contributed by atoms with Crippen molar-refractivity contribution < 1.29 is 37.8 Å². The topological polar surface area (TPSA) is 175 Å². The highest BCUT2D eigenvalue weighted by atomic mass is 19.1. The first-order valence-corrected chi connectivity index (χ1v) is 18.3. The molecule has 13 nitrogen and oxygen atoms in total. The van der Waals surface area contributed by atoms with Gasteiger partial charge in [0.2, 0.25) is 18.2 Å². The Kier molecular flexibility index (Phi) is 12.8. The lowest BCUT2D eigenvalue weighted by Gasteiger charge is -2.36. The maximum atomic E-state index is 15.0. The third-order valence-electron chi connectivity index (χ3n) is 9.98. The summed E-state index contributed by atoms with van der Waals surface area (Å²) in [4.78, 5) is 67.4. The predicted octanol–water partition coefficient (Wildman–Crippen LogP) is 3.83. The average molecular weight is 763 g/mol. The van der Waals surface area contributed by atoms with Gasteiger partial charge in [-0.2, -0.15) is 0 Å². The fourth-order valence-electron chi connectivity index (χ4n) is 7.09. The number of carbonyl (C=O) groups excluding carboxylic acids is 5. The van der Waals surface area contributed by atoms with E-state index in [2.05, 4.69) is 5.32 Å². The van der Waals surface area contributed by atoms with Gasteiger partial charge in [-0.15, -0.1) is 0 Å². The van der Waals surface area contributed by atoms with E-state index in [9.17, 15) is 24.0 Å². The van der Waals surface area contributed by atoms with Gasteiger partial charge in [-0.25, -0.2) is 9.18 Å². The fourth-order valence-corrected chi connectivity index (χ4v) is 7.09. The first-order chi connectivity index (χ1) is 27.2. The van der Waals surface area contributed by atoms with Crippen LogP contribution in [0.2, 0.25) is 0 Å². The molecule has 4 aromatic rings. The largest absolute Gasteiger partial charge is 0.448 e. The fraction of sp³-hybridized carbons (Fsp3) is 0.286. The molecule has 4 N–H and O–H groups in total. The summed E-state index contributed by atoms with van der Waals surface area (Å²) in [5.74, 6) is -2.46. The number of hydrogen-bond acceptors (Lipinski definition) is 8. The second-order valence-corrected chi connectivity index (χ2v) is 13.5. The Hall–Kier alpha value is -6.41. The van der Waals surface area contributed by atoms with Crippen molar-refractivity contribution in [2.45, 2.75) is 12.3 Å². The maximum Gasteiger partial charge on any atom is 0.410 e. The minimum absolute atomic E-state index is 0.0357. The van der Waals surface area contributed by atoms with Crippen molar-refractivity contribution in [2.24, 2.45) is 5.73 Å². The average Bonchev–Trinajstić information content (AvgIpc) is 3.54. The first kappa shape index (κ1) is 39.3. The number of nitrogens with zero attached hydrogens (tertiary/aromatic N) is 3. The number of nitrogens with one attached hydrogen (secondary N) is 2. The van der Waals surface area contributed by atoms with Crippen LogP contribution in [0.5, 0.6) is 0 Å². The van der Waals surface area contributed by atoms with Crippen LogP contribution in [0.15, 0.2) is 91.0 Å². The Labute approximate surface area is 323 Å². The molecule has 0 unspecified atom stereocenters. The molecule has 1 aliphatic carbocycles. The Morgan fingerprint density at radius 1 is 0.839 bits per heavy atom. The molecule has 56 heavy (non-hydrogen) atoms. The van der Waals surface area contributed by atoms with Crippen molar-refractivity contribution >= 4 is 35.9 Å². The number of nitrogens with two attached hydrogens (primary N) is 1. The minimum atomic E-state index is -0.718. The molecule has 290 valence electrons. The molecule has 0 atom stereocenters. The number of rotatable bonds is 16. The molecule has 1 fully saturated rings. The Balaban J connectivity index is 1.06. The van der Waals surface area contributed by atoms with Crippen molar-refractivity contribution in [3.63, 3.8) is 0 Å². The summed E-state index contributed by atoms with van der Waals surface area (Å²) < 4.78 is 26.4. The molecule has 4 aromatic carbocycles. The van der Waals surface area contributed by atoms with E-state index in [1.807, 2.05) is 48.5 Å². The third kappa shape index (κ3) is 9.09. The van der Waals surface area contributed by atoms with Gasteiger partial charge < -0.3 is 35.7 Å². The number of amides is 5. The van der Waals surface area contributed by atoms with E-state index in [4.69, 9.17) is 20.6 Å². The summed E-state index contributed by atoms with van der Waals surface area (Å²) in [7, 11) is 0. The van der Waals surface area contributed by atoms with Crippen LogP contribution in [0.4, 0.5) is 9.18 Å². The molecule has 0 radical (unpaired) electrons. The summed E-state index contributed by atoms with van der Waals surface area (Å²) in [5.41, 5.74) is 10.7. The summed E-state index contributed by atoms with van der Waals surface area (Å²) in [6.45, 7) is 1.03. The van der Waals surface area contributed by atoms with Crippen molar-refractivity contribution in [1.29, 1.82) is 5.41 Å². The number of piperazine rings is 1. The van der Waals surface area contributed by atoms with E-state index >= 15 is 4.39 Å². The molecule has 1 heterocycles. The number of hydrogen-bond donors (Lipinski definition) is 3. The number of carbonyl (C=O) groups is 5. The molecule has 0 aromatic heterocycles. The van der Waals surface area contributed by atoms with Gasteiger partial charge in [-0.3, -0.25) is 24.1 Å². The van der Waals surface area contributed by atoms with Gasteiger partial charge in [0.15, 0.2) is 0 Å². The van der Waals surface area contributed by atoms with Crippen molar-refractivity contribution in [3.05, 3.63) is 130 Å². The van der Waals surface area contributed by atoms with E-state index in [1.165, 1.54) is 34.1 Å². The van der Waals surface area contributed by atoms with Gasteiger partial charge >= 0.3 is 6.09 Å². The van der Waals surface area contributed by atoms with Crippen molar-refractivity contribution in [3.8, 4) is 11.1 Å². The van der Waals surface area contributed by atoms with Crippen LogP contribution in [0.3, 0.4) is 0 Å². The first-order valence-electron chi connectivity index (χ1n) is 18.3. The standard InChI is InChI=1S/C42H43FN6O7/c43-37-14-13-28(24-38(44)33-11-5-6-12-34(33)40(45)52)23-35(37)41(53)48-18-16-47(17-19-48)39(51)25-49(20-22-55-21-15-46-27-50)42(54)56-26-36-31-9-3-1-7-29(31)30-8-2-4-10-32(30)36/h1-14,23,27,36,44H,15-22,24-26H2,(H2,45,52)(H,46,50). The number of fused-ring (bicyclic) bond motifs is 3. The lowest BCUT2D eigenvalue weighted by molar-refractivity contribution is -0.133. The number of primary amides is 1. The second-order valence-electron chi connectivity index (χ2n) is 13.5. The lowest BCUT2D eigenvalue weighted by atomic mass is 9.96. The molecule has 5 amide bonds. The van der Waals surface area contributed by atoms with Gasteiger partial charge in [0.1, 0.15) is 19.0 Å². The highest BCUT2D eigenvalue weighted by Crippen LogP contribution is 2.44. The number of halogens is 1. The molecule has 2 aliphatic rings. The molecular formula is C42H43FN6O7. The van der Waals surface area contributed by atoms with Crippen LogP contribution in [-0.2, 0) is 25.5 Å². The van der Waals surface area contributed by atoms with E-state index < -0.39 is 23.7 Å². The quantitative estimate of drug-likeness (QED) is 0.0884. The van der Waals surface area contributed by atoms with Crippen LogP contribution < -0.4 is 11.1 Å². The molecule has 14 heteroatoms. The normalized spacial score (nSPS) is 13.4. The molecule has 0 bridgehead atoms. The van der Waals surface area contributed by atoms with Crippen LogP contribution in [0, 0.1) is 11.2 Å². The second kappa shape index (κ2) is 18.3. The van der Waals surface area contributed by atoms with E-state index in [0.717, 1.165) is 22.3 Å². The zero-order chi connectivity index (χ0) is 39.6. The SMILES string of the molecule is N=C(Cc1ccc(F)c(C(=O)N2CCN(C(=O)CN(CCOCCNC=O)C(=O)OCC3c4ccccc4-c4ccccc43)CC2)c1)c1ccccc1C(N)=O. The number of ether oxygens (including phenoxy) is 2. The molecular weight excluding hydrogens is 719 g/mol. The molecule has 1 aliphatic heterocycles. The van der Waals surface area contributed by atoms with E-state index in [0.29, 0.717) is 24.1 Å². The number of benzene rings is 4. The van der Waals surface area contributed by atoms with Gasteiger partial charge in [-0.1, -0.05) is 72.8 Å². The van der Waals surface area contributed by atoms with Crippen molar-refractivity contribution in [1.82, 2.24) is 20.0 Å². The van der Waals surface area contributed by atoms with Gasteiger partial charge in [0.25, 0.3) is 5.91 Å². The van der Waals surface area contributed by atoms with Crippen LogP contribution in [-0.4, -0.2) is 116 Å². The van der Waals surface area contributed by atoms with E-state index in [1.54, 1.807) is 23.1 Å². The Morgan fingerprint density at radius 3 is 2.12 bits per heavy atom. The van der Waals surface area contributed by atoms with Crippen molar-refractivity contribution in [2.75, 3.05) is 65.6 Å². The molecule has 6 rings (SSSR count). The van der Waals surface area contributed by atoms with E-state index in [-0.39, 0.29) is 94.2 Å². The smallest absolute Gasteiger partial charge is 0.410 e. The Morgan fingerprint density at radius 2 is 1.46 bits per heavy atom. The zero-order valence-corrected chi connectivity index (χ0v) is 30.7. The summed E-state index contributed by atoms with van der Waals surface area (Å²) in [6, 6.07) is 26.5. The third-order valence-corrected chi connectivity index (χ3v) is 9.98. The molecule has 1 saturated heterocycles.